The molecule has 1 aromatic carbocycles. The van der Waals surface area contributed by atoms with E-state index in [-0.39, 0.29) is 43.5 Å². The molecule has 0 unspecified atom stereocenters. The molecule has 237 valence electrons. The molecule has 0 spiro atoms. The second-order valence-electron chi connectivity index (χ2n) is 12.7. The zero-order valence-electron chi connectivity index (χ0n) is 27.8. The predicted molar refractivity (Wildman–Crippen MR) is 183 cm³/mol. The number of allylic oxidation sites excluding steroid dienone is 2. The van der Waals surface area contributed by atoms with Crippen LogP contribution in [0.2, 0.25) is 0 Å². The van der Waals surface area contributed by atoms with Gasteiger partial charge in [-0.15, -0.1) is 57.6 Å². The van der Waals surface area contributed by atoms with Gasteiger partial charge in [-0.25, -0.2) is 0 Å². The maximum atomic E-state index is 11.7. The van der Waals surface area contributed by atoms with Gasteiger partial charge >= 0.3 is 0 Å². The van der Waals surface area contributed by atoms with Crippen molar-refractivity contribution in [1.29, 1.82) is 0 Å². The standard InChI is InChI=1S/C23H25N2S2.C13H24O2.Ir/c1-12-8-13(2)10-16(9-12)19-21-18(15(4)24-25-19)22-20(27-21)14(3)17(26-22)11-23(5,6)7;1-5-10(6-2)12(14)9-13(15)11(7-3)8-4;/h8-9H,11H2,1-7H3;9-11,14H,5-8H2,1-4H3;/q-1;;/b;12-9-;. The molecular weight excluding hydrogens is 749 g/mol. The summed E-state index contributed by atoms with van der Waals surface area (Å²) in [5.74, 6) is 0.547. The van der Waals surface area contributed by atoms with Gasteiger partial charge in [0.1, 0.15) is 0 Å². The van der Waals surface area contributed by atoms with Gasteiger partial charge in [0.25, 0.3) is 0 Å². The Labute approximate surface area is 280 Å². The maximum Gasteiger partial charge on any atom is 0.162 e. The van der Waals surface area contributed by atoms with E-state index in [1.807, 2.05) is 50.4 Å². The van der Waals surface area contributed by atoms with E-state index in [1.54, 1.807) is 0 Å². The van der Waals surface area contributed by atoms with E-state index in [0.29, 0.717) is 5.41 Å². The van der Waals surface area contributed by atoms with E-state index in [4.69, 9.17) is 0 Å². The molecule has 0 bridgehead atoms. The summed E-state index contributed by atoms with van der Waals surface area (Å²) in [7, 11) is 0. The number of fused-ring (bicyclic) bond motifs is 3. The second-order valence-corrected chi connectivity index (χ2v) is 14.9. The fourth-order valence-electron chi connectivity index (χ4n) is 5.43. The van der Waals surface area contributed by atoms with Crippen LogP contribution in [0.5, 0.6) is 0 Å². The number of benzene rings is 1. The topological polar surface area (TPSA) is 63.1 Å². The predicted octanol–water partition coefficient (Wildman–Crippen LogP) is 11.1. The van der Waals surface area contributed by atoms with Crippen LogP contribution in [0.25, 0.3) is 30.7 Å². The number of aliphatic hydroxyl groups excluding tert-OH is 1. The summed E-state index contributed by atoms with van der Waals surface area (Å²) in [5, 5.41) is 20.1. The molecule has 0 saturated heterocycles. The Morgan fingerprint density at radius 1 is 0.907 bits per heavy atom. The van der Waals surface area contributed by atoms with E-state index in [2.05, 4.69) is 76.9 Å². The van der Waals surface area contributed by atoms with Crippen molar-refractivity contribution in [2.75, 3.05) is 0 Å². The fourth-order valence-corrected chi connectivity index (χ4v) is 8.69. The van der Waals surface area contributed by atoms with Gasteiger partial charge in [-0.05, 0) is 56.9 Å². The van der Waals surface area contributed by atoms with Crippen molar-refractivity contribution in [2.24, 2.45) is 17.3 Å². The molecule has 4 rings (SSSR count). The third kappa shape index (κ3) is 9.06. The first-order valence-electron chi connectivity index (χ1n) is 15.4. The van der Waals surface area contributed by atoms with E-state index in [1.165, 1.54) is 41.6 Å². The number of aryl methyl sites for hydroxylation is 4. The SMILES string of the molecule is CCC(CC)C(=O)/C=C(\O)C(CC)CC.Cc1[c-]c(-c2nnc(C)c3c2sc2c(C)c(CC(C)(C)C)sc23)cc(C)c1.[Ir]. The van der Waals surface area contributed by atoms with Crippen LogP contribution in [0.1, 0.15) is 101 Å². The number of thiophene rings is 2. The summed E-state index contributed by atoms with van der Waals surface area (Å²) in [6.45, 7) is 23.6. The minimum atomic E-state index is 0. The summed E-state index contributed by atoms with van der Waals surface area (Å²) in [4.78, 5) is 13.2. The molecule has 0 aliphatic rings. The Kier molecular flexibility index (Phi) is 13.8. The van der Waals surface area contributed by atoms with Gasteiger partial charge in [-0.1, -0.05) is 62.3 Å². The zero-order chi connectivity index (χ0) is 31.4. The number of aromatic nitrogens is 2. The monoisotopic (exact) mass is 798 g/mol. The minimum Gasteiger partial charge on any atom is -0.512 e. The van der Waals surface area contributed by atoms with Crippen molar-refractivity contribution in [3.8, 4) is 11.3 Å². The van der Waals surface area contributed by atoms with Gasteiger partial charge < -0.3 is 5.11 Å². The molecule has 4 aromatic rings. The number of carbonyl (C=O) groups is 1. The van der Waals surface area contributed by atoms with Gasteiger partial charge in [0.2, 0.25) is 0 Å². The quantitative estimate of drug-likeness (QED) is 0.104. The molecule has 4 nitrogen and oxygen atoms in total. The zero-order valence-corrected chi connectivity index (χ0v) is 31.9. The molecular formula is C36H49IrN2O2S2-. The average molecular weight is 798 g/mol. The molecule has 7 heteroatoms. The molecule has 3 aromatic heterocycles. The van der Waals surface area contributed by atoms with Gasteiger partial charge in [0, 0.05) is 63.4 Å². The van der Waals surface area contributed by atoms with Crippen LogP contribution in [0.4, 0.5) is 0 Å². The number of nitrogens with zero attached hydrogens (tertiary/aromatic N) is 2. The summed E-state index contributed by atoms with van der Waals surface area (Å²) < 4.78 is 4.03. The summed E-state index contributed by atoms with van der Waals surface area (Å²) >= 11 is 3.81. The number of ketones is 1. The van der Waals surface area contributed by atoms with Gasteiger partial charge in [-0.3, -0.25) is 4.79 Å². The van der Waals surface area contributed by atoms with Crippen LogP contribution in [0.15, 0.2) is 24.0 Å². The summed E-state index contributed by atoms with van der Waals surface area (Å²) in [5.41, 5.74) is 7.14. The first kappa shape index (κ1) is 37.3. The third-order valence-corrected chi connectivity index (χ3v) is 10.7. The Morgan fingerprint density at radius 2 is 1.51 bits per heavy atom. The molecule has 0 amide bonds. The first-order chi connectivity index (χ1) is 19.7. The largest absolute Gasteiger partial charge is 0.512 e. The number of carbonyl (C=O) groups excluding carboxylic acids is 1. The van der Waals surface area contributed by atoms with Crippen molar-refractivity contribution in [2.45, 2.75) is 108 Å². The van der Waals surface area contributed by atoms with E-state index in [9.17, 15) is 9.90 Å². The third-order valence-electron chi connectivity index (χ3n) is 7.90. The van der Waals surface area contributed by atoms with Crippen LogP contribution < -0.4 is 0 Å². The van der Waals surface area contributed by atoms with E-state index < -0.39 is 0 Å². The van der Waals surface area contributed by atoms with Crippen LogP contribution >= 0.6 is 22.7 Å². The molecule has 43 heavy (non-hydrogen) atoms. The van der Waals surface area contributed by atoms with Crippen LogP contribution in [-0.2, 0) is 31.3 Å². The molecule has 0 atom stereocenters. The average Bonchev–Trinajstić information content (AvgIpc) is 3.41. The van der Waals surface area contributed by atoms with Crippen molar-refractivity contribution in [1.82, 2.24) is 10.2 Å². The number of rotatable bonds is 9. The maximum absolute atomic E-state index is 11.7. The summed E-state index contributed by atoms with van der Waals surface area (Å²) in [6.07, 6.45) is 6.02. The Hall–Kier alpha value is -1.92. The van der Waals surface area contributed by atoms with Crippen LogP contribution in [0.3, 0.4) is 0 Å². The summed E-state index contributed by atoms with van der Waals surface area (Å²) in [6, 6.07) is 7.79. The number of hydrogen-bond acceptors (Lipinski definition) is 6. The van der Waals surface area contributed by atoms with Crippen molar-refractivity contribution in [3.05, 3.63) is 57.3 Å². The fraction of sp³-hybridized carbons (Fsp3) is 0.528. The normalized spacial score (nSPS) is 12.2. The minimum absolute atomic E-state index is 0. The van der Waals surface area contributed by atoms with Crippen LogP contribution in [-0.4, -0.2) is 21.1 Å². The van der Waals surface area contributed by atoms with Crippen molar-refractivity contribution >= 4 is 47.9 Å². The molecule has 0 aliphatic heterocycles. The molecule has 0 fully saturated rings. The van der Waals surface area contributed by atoms with Crippen LogP contribution in [0, 0.1) is 51.0 Å². The Morgan fingerprint density at radius 3 is 2.05 bits per heavy atom. The van der Waals surface area contributed by atoms with Gasteiger partial charge in [0.05, 0.1) is 16.2 Å². The Bertz CT molecular complexity index is 1550. The van der Waals surface area contributed by atoms with Gasteiger partial charge in [0.15, 0.2) is 5.78 Å². The van der Waals surface area contributed by atoms with Crippen molar-refractivity contribution < 1.29 is 30.0 Å². The molecule has 0 aliphatic carbocycles. The van der Waals surface area contributed by atoms with Crippen molar-refractivity contribution in [3.63, 3.8) is 0 Å². The molecule has 0 saturated carbocycles. The Balaban J connectivity index is 0.000000348. The smallest absolute Gasteiger partial charge is 0.162 e. The van der Waals surface area contributed by atoms with E-state index in [0.717, 1.165) is 54.6 Å². The van der Waals surface area contributed by atoms with Gasteiger partial charge in [-0.2, -0.15) is 10.2 Å². The molecule has 1 radical (unpaired) electrons. The number of aliphatic hydroxyl groups is 1. The second kappa shape index (κ2) is 15.9. The van der Waals surface area contributed by atoms with E-state index >= 15 is 0 Å². The first-order valence-corrected chi connectivity index (χ1v) is 17.0. The molecule has 1 N–H and O–H groups in total. The molecule has 3 heterocycles. The number of hydrogen-bond donors (Lipinski definition) is 1.